The normalized spacial score (nSPS) is 11.1. The first-order valence-corrected chi connectivity index (χ1v) is 9.21. The lowest BCUT2D eigenvalue weighted by atomic mass is 10.2. The lowest BCUT2D eigenvalue weighted by molar-refractivity contribution is -0.385. The van der Waals surface area contributed by atoms with Crippen molar-refractivity contribution >= 4 is 27.4 Å². The van der Waals surface area contributed by atoms with Gasteiger partial charge in [-0.2, -0.15) is 0 Å². The van der Waals surface area contributed by atoms with E-state index in [2.05, 4.69) is 0 Å². The lowest BCUT2D eigenvalue weighted by Crippen LogP contribution is -2.32. The van der Waals surface area contributed by atoms with Gasteiger partial charge >= 0.3 is 5.97 Å². The summed E-state index contributed by atoms with van der Waals surface area (Å²) in [5.74, 6) is -1.03. The molecule has 0 aromatic heterocycles. The van der Waals surface area contributed by atoms with Crippen molar-refractivity contribution < 1.29 is 23.2 Å². The van der Waals surface area contributed by atoms with Crippen molar-refractivity contribution in [3.05, 3.63) is 64.2 Å². The molecule has 9 heteroatoms. The van der Waals surface area contributed by atoms with Crippen LogP contribution in [0.15, 0.2) is 53.4 Å². The van der Waals surface area contributed by atoms with Gasteiger partial charge in [-0.1, -0.05) is 18.2 Å². The Hall–Kier alpha value is -2.94. The van der Waals surface area contributed by atoms with Gasteiger partial charge in [-0.15, -0.1) is 0 Å². The average Bonchev–Trinajstić information content (AvgIpc) is 2.58. The number of carbonyl (C=O) groups is 1. The summed E-state index contributed by atoms with van der Waals surface area (Å²) in [6.45, 7) is 1.75. The highest BCUT2D eigenvalue weighted by Gasteiger charge is 2.26. The fraction of sp³-hybridized carbons (Fsp3) is 0.235. The molecule has 0 atom stereocenters. The van der Waals surface area contributed by atoms with E-state index in [4.69, 9.17) is 5.11 Å². The van der Waals surface area contributed by atoms with Crippen LogP contribution in [0.25, 0.3) is 0 Å². The van der Waals surface area contributed by atoms with Crippen LogP contribution in [0.3, 0.4) is 0 Å². The molecule has 0 heterocycles. The van der Waals surface area contributed by atoms with Crippen molar-refractivity contribution in [2.75, 3.05) is 10.8 Å². The van der Waals surface area contributed by atoms with Crippen molar-refractivity contribution in [1.82, 2.24) is 0 Å². The van der Waals surface area contributed by atoms with Crippen LogP contribution in [0.1, 0.15) is 18.4 Å². The molecule has 0 bridgehead atoms. The second kappa shape index (κ2) is 7.96. The second-order valence-electron chi connectivity index (χ2n) is 5.67. The minimum atomic E-state index is -4.09. The lowest BCUT2D eigenvalue weighted by Gasteiger charge is -2.24. The number of anilines is 1. The fourth-order valence-corrected chi connectivity index (χ4v) is 3.97. The zero-order valence-corrected chi connectivity index (χ0v) is 14.8. The Balaban J connectivity index is 2.46. The number of hydrogen-bond acceptors (Lipinski definition) is 5. The summed E-state index contributed by atoms with van der Waals surface area (Å²) in [6.07, 6.45) is -0.0792. The van der Waals surface area contributed by atoms with E-state index in [0.29, 0.717) is 5.69 Å². The number of aliphatic carboxylic acids is 1. The molecule has 2 aromatic rings. The van der Waals surface area contributed by atoms with Gasteiger partial charge in [0.2, 0.25) is 0 Å². The van der Waals surface area contributed by atoms with Crippen molar-refractivity contribution in [3.8, 4) is 0 Å². The molecule has 8 nitrogen and oxygen atoms in total. The van der Waals surface area contributed by atoms with E-state index in [-0.39, 0.29) is 30.0 Å². The Morgan fingerprint density at radius 1 is 1.19 bits per heavy atom. The van der Waals surface area contributed by atoms with Crippen molar-refractivity contribution in [1.29, 1.82) is 0 Å². The third-order valence-corrected chi connectivity index (χ3v) is 5.48. The molecule has 0 unspecified atom stereocenters. The Bertz CT molecular complexity index is 926. The van der Waals surface area contributed by atoms with Gasteiger partial charge in [-0.3, -0.25) is 19.2 Å². The van der Waals surface area contributed by atoms with E-state index in [1.54, 1.807) is 31.2 Å². The Kier molecular flexibility index (Phi) is 5.93. The maximum absolute atomic E-state index is 13.1. The first-order valence-electron chi connectivity index (χ1n) is 7.77. The monoisotopic (exact) mass is 378 g/mol. The molecule has 0 aliphatic heterocycles. The van der Waals surface area contributed by atoms with Gasteiger partial charge in [0.25, 0.3) is 15.7 Å². The number of rotatable bonds is 8. The van der Waals surface area contributed by atoms with Crippen LogP contribution in [-0.4, -0.2) is 31.0 Å². The van der Waals surface area contributed by atoms with E-state index >= 15 is 0 Å². The van der Waals surface area contributed by atoms with Crippen LogP contribution in [0.2, 0.25) is 0 Å². The minimum Gasteiger partial charge on any atom is -0.481 e. The van der Waals surface area contributed by atoms with E-state index in [1.807, 2.05) is 0 Å². The molecule has 0 fully saturated rings. The molecule has 2 rings (SSSR count). The molecule has 26 heavy (non-hydrogen) atoms. The quantitative estimate of drug-likeness (QED) is 0.557. The number of carboxylic acids is 1. The summed E-state index contributed by atoms with van der Waals surface area (Å²) >= 11 is 0. The minimum absolute atomic E-state index is 0.0548. The molecule has 0 radical (unpaired) electrons. The highest BCUT2D eigenvalue weighted by molar-refractivity contribution is 7.92. The van der Waals surface area contributed by atoms with Crippen LogP contribution in [0.5, 0.6) is 0 Å². The van der Waals surface area contributed by atoms with Crippen LogP contribution in [0, 0.1) is 17.0 Å². The standard InChI is InChI=1S/C17H18N2O6S/c1-13-5-2-6-14(11-13)18(10-4-9-17(20)21)26(24,25)16-8-3-7-15(12-16)19(22)23/h2-3,5-8,11-12H,4,9-10H2,1H3,(H,20,21). The van der Waals surface area contributed by atoms with Crippen LogP contribution in [0.4, 0.5) is 11.4 Å². The molecular formula is C17H18N2O6S. The largest absolute Gasteiger partial charge is 0.481 e. The summed E-state index contributed by atoms with van der Waals surface area (Å²) in [5.41, 5.74) is 0.877. The number of benzene rings is 2. The van der Waals surface area contributed by atoms with Gasteiger partial charge in [-0.25, -0.2) is 8.42 Å². The Labute approximate surface area is 150 Å². The Morgan fingerprint density at radius 2 is 1.88 bits per heavy atom. The van der Waals surface area contributed by atoms with Gasteiger partial charge in [0.05, 0.1) is 15.5 Å². The summed E-state index contributed by atoms with van der Waals surface area (Å²) in [5, 5.41) is 19.8. The third kappa shape index (κ3) is 4.57. The van der Waals surface area contributed by atoms with Crippen LogP contribution >= 0.6 is 0 Å². The van der Waals surface area contributed by atoms with Gasteiger partial charge < -0.3 is 5.11 Å². The van der Waals surface area contributed by atoms with E-state index < -0.39 is 20.9 Å². The maximum Gasteiger partial charge on any atom is 0.303 e. The Morgan fingerprint density at radius 3 is 2.50 bits per heavy atom. The van der Waals surface area contributed by atoms with Crippen LogP contribution in [-0.2, 0) is 14.8 Å². The molecule has 0 saturated heterocycles. The van der Waals surface area contributed by atoms with Crippen LogP contribution < -0.4 is 4.31 Å². The predicted molar refractivity (Wildman–Crippen MR) is 95.7 cm³/mol. The summed E-state index contributed by atoms with van der Waals surface area (Å²) in [4.78, 5) is 20.8. The second-order valence-corrected chi connectivity index (χ2v) is 7.53. The molecule has 0 aliphatic carbocycles. The molecule has 1 N–H and O–H groups in total. The zero-order chi connectivity index (χ0) is 19.3. The number of nitro benzene ring substituents is 1. The summed E-state index contributed by atoms with van der Waals surface area (Å²) in [6, 6.07) is 11.5. The molecule has 0 saturated carbocycles. The first kappa shape index (κ1) is 19.4. The van der Waals surface area contributed by atoms with E-state index in [9.17, 15) is 23.3 Å². The number of aryl methyl sites for hydroxylation is 1. The molecule has 138 valence electrons. The number of sulfonamides is 1. The smallest absolute Gasteiger partial charge is 0.303 e. The highest BCUT2D eigenvalue weighted by Crippen LogP contribution is 2.27. The van der Waals surface area contributed by atoms with Crippen molar-refractivity contribution in [3.63, 3.8) is 0 Å². The predicted octanol–water partition coefficient (Wildman–Crippen LogP) is 2.96. The number of hydrogen-bond donors (Lipinski definition) is 1. The first-order chi connectivity index (χ1) is 12.2. The number of nitro groups is 1. The molecule has 0 amide bonds. The number of non-ortho nitro benzene ring substituents is 1. The van der Waals surface area contributed by atoms with E-state index in [0.717, 1.165) is 15.9 Å². The third-order valence-electron chi connectivity index (χ3n) is 3.66. The molecule has 0 spiro atoms. The SMILES string of the molecule is Cc1cccc(N(CCCC(=O)O)S(=O)(=O)c2cccc([N+](=O)[O-])c2)c1. The highest BCUT2D eigenvalue weighted by atomic mass is 32.2. The maximum atomic E-state index is 13.1. The van der Waals surface area contributed by atoms with Gasteiger partial charge in [0.1, 0.15) is 0 Å². The van der Waals surface area contributed by atoms with Crippen molar-refractivity contribution in [2.24, 2.45) is 0 Å². The summed E-state index contributed by atoms with van der Waals surface area (Å²) in [7, 11) is -4.09. The summed E-state index contributed by atoms with van der Waals surface area (Å²) < 4.78 is 27.2. The molecular weight excluding hydrogens is 360 g/mol. The zero-order valence-electron chi connectivity index (χ0n) is 14.0. The number of carboxylic acid groups (broad SMARTS) is 1. The molecule has 0 aliphatic rings. The topological polar surface area (TPSA) is 118 Å². The number of nitrogens with zero attached hydrogens (tertiary/aromatic N) is 2. The van der Waals surface area contributed by atoms with Gasteiger partial charge in [-0.05, 0) is 37.1 Å². The average molecular weight is 378 g/mol. The van der Waals surface area contributed by atoms with E-state index in [1.165, 1.54) is 18.2 Å². The molecule has 2 aromatic carbocycles. The van der Waals surface area contributed by atoms with Gasteiger partial charge in [0, 0.05) is 25.1 Å². The van der Waals surface area contributed by atoms with Crippen molar-refractivity contribution in [2.45, 2.75) is 24.7 Å². The van der Waals surface area contributed by atoms with Gasteiger partial charge in [0.15, 0.2) is 0 Å². The fourth-order valence-electron chi connectivity index (χ4n) is 2.43.